The van der Waals surface area contributed by atoms with E-state index in [1.807, 2.05) is 25.6 Å². The Bertz CT molecular complexity index is 493. The molecule has 1 aliphatic heterocycles. The zero-order chi connectivity index (χ0) is 16.1. The van der Waals surface area contributed by atoms with Gasteiger partial charge >= 0.3 is 0 Å². The summed E-state index contributed by atoms with van der Waals surface area (Å²) >= 11 is 0. The van der Waals surface area contributed by atoms with Gasteiger partial charge in [0.2, 0.25) is 5.91 Å². The number of nitrogens with zero attached hydrogens (tertiary/aromatic N) is 3. The van der Waals surface area contributed by atoms with Gasteiger partial charge in [0.15, 0.2) is 0 Å². The molecule has 0 radical (unpaired) electrons. The number of carbonyl (C=O) groups excluding carboxylic acids is 1. The van der Waals surface area contributed by atoms with Crippen LogP contribution in [0.4, 0.5) is 0 Å². The van der Waals surface area contributed by atoms with Crippen molar-refractivity contribution in [3.8, 4) is 0 Å². The highest BCUT2D eigenvalue weighted by Crippen LogP contribution is 2.11. The Hall–Kier alpha value is -1.40. The number of rotatable bonds is 6. The van der Waals surface area contributed by atoms with Gasteiger partial charge < -0.3 is 10.6 Å². The minimum atomic E-state index is 0.0920. The lowest BCUT2D eigenvalue weighted by Gasteiger charge is -2.31. The van der Waals surface area contributed by atoms with Crippen LogP contribution < -0.4 is 10.6 Å². The van der Waals surface area contributed by atoms with Gasteiger partial charge in [0.25, 0.3) is 0 Å². The molecule has 1 amide bonds. The van der Waals surface area contributed by atoms with E-state index in [1.165, 1.54) is 0 Å². The molecule has 0 spiro atoms. The van der Waals surface area contributed by atoms with Crippen molar-refractivity contribution < 1.29 is 4.79 Å². The number of nitrogens with one attached hydrogen (secondary N) is 2. The van der Waals surface area contributed by atoms with E-state index in [-0.39, 0.29) is 11.9 Å². The molecule has 1 aromatic heterocycles. The number of hydrogen-bond donors (Lipinski definition) is 2. The van der Waals surface area contributed by atoms with E-state index >= 15 is 0 Å². The molecule has 1 saturated heterocycles. The van der Waals surface area contributed by atoms with E-state index in [0.717, 1.165) is 37.3 Å². The maximum atomic E-state index is 12.1. The van der Waals surface area contributed by atoms with Crippen LogP contribution in [0.15, 0.2) is 6.07 Å². The topological polar surface area (TPSA) is 62.2 Å². The molecule has 2 heterocycles. The van der Waals surface area contributed by atoms with E-state index < -0.39 is 0 Å². The van der Waals surface area contributed by atoms with Crippen molar-refractivity contribution in [2.75, 3.05) is 33.2 Å². The Balaban J connectivity index is 1.76. The number of amides is 1. The largest absolute Gasteiger partial charge is 0.353 e. The second-order valence-corrected chi connectivity index (χ2v) is 6.42. The van der Waals surface area contributed by atoms with Crippen molar-refractivity contribution in [1.29, 1.82) is 0 Å². The van der Waals surface area contributed by atoms with Gasteiger partial charge in [-0.15, -0.1) is 0 Å². The van der Waals surface area contributed by atoms with Crippen LogP contribution >= 0.6 is 0 Å². The van der Waals surface area contributed by atoms with Gasteiger partial charge in [-0.2, -0.15) is 5.10 Å². The number of carbonyl (C=O) groups is 1. The molecule has 1 fully saturated rings. The Kier molecular flexibility index (Phi) is 5.97. The third-order valence-corrected chi connectivity index (χ3v) is 4.38. The van der Waals surface area contributed by atoms with Crippen molar-refractivity contribution in [1.82, 2.24) is 25.3 Å². The van der Waals surface area contributed by atoms with Gasteiger partial charge in [0, 0.05) is 18.3 Å². The molecule has 0 aromatic carbocycles. The van der Waals surface area contributed by atoms with E-state index in [0.29, 0.717) is 19.1 Å². The first-order valence-electron chi connectivity index (χ1n) is 8.17. The molecular formula is C16H29N5O. The van der Waals surface area contributed by atoms with Crippen molar-refractivity contribution in [2.45, 2.75) is 45.7 Å². The van der Waals surface area contributed by atoms with Crippen LogP contribution in [-0.2, 0) is 4.79 Å². The van der Waals surface area contributed by atoms with Crippen molar-refractivity contribution in [3.63, 3.8) is 0 Å². The smallest absolute Gasteiger partial charge is 0.234 e. The van der Waals surface area contributed by atoms with Gasteiger partial charge in [-0.3, -0.25) is 14.4 Å². The third-order valence-electron chi connectivity index (χ3n) is 4.38. The number of piperidine rings is 1. The molecule has 0 bridgehead atoms. The Morgan fingerprint density at radius 2 is 2.18 bits per heavy atom. The van der Waals surface area contributed by atoms with Gasteiger partial charge in [0.1, 0.15) is 0 Å². The highest BCUT2D eigenvalue weighted by molar-refractivity contribution is 5.78. The minimum Gasteiger partial charge on any atom is -0.353 e. The fourth-order valence-electron chi connectivity index (χ4n) is 3.10. The molecular weight excluding hydrogens is 278 g/mol. The van der Waals surface area contributed by atoms with E-state index in [1.54, 1.807) is 0 Å². The van der Waals surface area contributed by atoms with Crippen molar-refractivity contribution in [3.05, 3.63) is 17.5 Å². The standard InChI is InChI=1S/C16H29N5O/c1-12-9-13(2)21(19-12)14(3)10-18-16(22)11-20(4)15-5-7-17-8-6-15/h9,14-15,17H,5-8,10-11H2,1-4H3,(H,18,22)/t14-/m0/s1. The SMILES string of the molecule is Cc1cc(C)n([C@@H](C)CNC(=O)CN(C)C2CCNCC2)n1. The second kappa shape index (κ2) is 7.74. The molecule has 6 heteroatoms. The van der Waals surface area contributed by atoms with Crippen LogP contribution in [0.3, 0.4) is 0 Å². The summed E-state index contributed by atoms with van der Waals surface area (Å²) in [5.74, 6) is 0.0920. The van der Waals surface area contributed by atoms with E-state index in [4.69, 9.17) is 0 Å². The van der Waals surface area contributed by atoms with Gasteiger partial charge in [0.05, 0.1) is 18.3 Å². The molecule has 124 valence electrons. The fourth-order valence-corrected chi connectivity index (χ4v) is 3.10. The number of aromatic nitrogens is 2. The summed E-state index contributed by atoms with van der Waals surface area (Å²) in [7, 11) is 2.04. The van der Waals surface area contributed by atoms with Crippen molar-refractivity contribution >= 4 is 5.91 Å². The lowest BCUT2D eigenvalue weighted by Crippen LogP contribution is -2.45. The van der Waals surface area contributed by atoms with Crippen molar-refractivity contribution in [2.24, 2.45) is 0 Å². The fraction of sp³-hybridized carbons (Fsp3) is 0.750. The molecule has 6 nitrogen and oxygen atoms in total. The third kappa shape index (κ3) is 4.55. The molecule has 0 aliphatic carbocycles. The average molecular weight is 307 g/mol. The van der Waals surface area contributed by atoms with E-state index in [9.17, 15) is 4.79 Å². The lowest BCUT2D eigenvalue weighted by atomic mass is 10.1. The lowest BCUT2D eigenvalue weighted by molar-refractivity contribution is -0.122. The minimum absolute atomic E-state index is 0.0920. The first-order valence-corrected chi connectivity index (χ1v) is 8.17. The molecule has 1 atom stereocenters. The Morgan fingerprint density at radius 1 is 1.50 bits per heavy atom. The monoisotopic (exact) mass is 307 g/mol. The van der Waals surface area contributed by atoms with Gasteiger partial charge in [-0.1, -0.05) is 0 Å². The first kappa shape index (κ1) is 17.0. The normalized spacial score (nSPS) is 17.7. The molecule has 0 saturated carbocycles. The summed E-state index contributed by atoms with van der Waals surface area (Å²) in [6.07, 6.45) is 2.23. The predicted octanol–water partition coefficient (Wildman–Crippen LogP) is 0.861. The van der Waals surface area contributed by atoms with Gasteiger partial charge in [-0.25, -0.2) is 0 Å². The first-order chi connectivity index (χ1) is 10.5. The van der Waals surface area contributed by atoms with Crippen LogP contribution in [0.2, 0.25) is 0 Å². The second-order valence-electron chi connectivity index (χ2n) is 6.42. The number of hydrogen-bond acceptors (Lipinski definition) is 4. The highest BCUT2D eigenvalue weighted by atomic mass is 16.2. The Morgan fingerprint density at radius 3 is 2.77 bits per heavy atom. The van der Waals surface area contributed by atoms with Crippen LogP contribution in [0.1, 0.15) is 37.2 Å². The van der Waals surface area contributed by atoms with Gasteiger partial charge in [-0.05, 0) is 59.8 Å². The maximum Gasteiger partial charge on any atom is 0.234 e. The zero-order valence-corrected chi connectivity index (χ0v) is 14.2. The summed E-state index contributed by atoms with van der Waals surface area (Å²) in [5.41, 5.74) is 2.15. The average Bonchev–Trinajstić information content (AvgIpc) is 2.84. The summed E-state index contributed by atoms with van der Waals surface area (Å²) in [4.78, 5) is 14.3. The molecule has 1 aromatic rings. The van der Waals surface area contributed by atoms with Crippen LogP contribution in [0.25, 0.3) is 0 Å². The number of aryl methyl sites for hydroxylation is 2. The molecule has 1 aliphatic rings. The molecule has 2 N–H and O–H groups in total. The number of likely N-dealkylation sites (N-methyl/N-ethyl adjacent to an activating group) is 1. The van der Waals surface area contributed by atoms with Crippen LogP contribution in [0.5, 0.6) is 0 Å². The maximum absolute atomic E-state index is 12.1. The van der Waals surface area contributed by atoms with Crippen LogP contribution in [-0.4, -0.2) is 59.9 Å². The molecule has 22 heavy (non-hydrogen) atoms. The summed E-state index contributed by atoms with van der Waals surface area (Å²) in [6, 6.07) is 2.74. The molecule has 0 unspecified atom stereocenters. The van der Waals surface area contributed by atoms with Crippen LogP contribution in [0, 0.1) is 13.8 Å². The summed E-state index contributed by atoms with van der Waals surface area (Å²) in [6.45, 7) is 9.29. The summed E-state index contributed by atoms with van der Waals surface area (Å²) < 4.78 is 1.98. The predicted molar refractivity (Wildman–Crippen MR) is 87.9 cm³/mol. The van der Waals surface area contributed by atoms with E-state index in [2.05, 4.69) is 33.6 Å². The summed E-state index contributed by atoms with van der Waals surface area (Å²) in [5, 5.41) is 10.9. The Labute approximate surface area is 133 Å². The highest BCUT2D eigenvalue weighted by Gasteiger charge is 2.20. The quantitative estimate of drug-likeness (QED) is 0.818. The zero-order valence-electron chi connectivity index (χ0n) is 14.2. The molecule has 2 rings (SSSR count).